The first-order valence-corrected chi connectivity index (χ1v) is 8.11. The van der Waals surface area contributed by atoms with Crippen LogP contribution in [0.25, 0.3) is 0 Å². The van der Waals surface area contributed by atoms with Crippen LogP contribution in [-0.2, 0) is 17.8 Å². The van der Waals surface area contributed by atoms with Gasteiger partial charge in [0.2, 0.25) is 5.91 Å². The third-order valence-corrected chi connectivity index (χ3v) is 4.09. The van der Waals surface area contributed by atoms with Gasteiger partial charge in [-0.2, -0.15) is 0 Å². The average molecular weight is 344 g/mol. The highest BCUT2D eigenvalue weighted by Crippen LogP contribution is 2.32. The fourth-order valence-electron chi connectivity index (χ4n) is 2.99. The highest BCUT2D eigenvalue weighted by molar-refractivity contribution is 5.96. The summed E-state index contributed by atoms with van der Waals surface area (Å²) in [6.45, 7) is 5.21. The van der Waals surface area contributed by atoms with Gasteiger partial charge in [-0.25, -0.2) is 4.79 Å². The summed E-state index contributed by atoms with van der Waals surface area (Å²) in [6, 6.07) is 5.17. The molecule has 0 unspecified atom stereocenters. The smallest absolute Gasteiger partial charge is 0.337 e. The van der Waals surface area contributed by atoms with Crippen molar-refractivity contribution >= 4 is 17.6 Å². The summed E-state index contributed by atoms with van der Waals surface area (Å²) >= 11 is 0. The number of carboxylic acids is 1. The van der Waals surface area contributed by atoms with E-state index in [1.165, 1.54) is 0 Å². The summed E-state index contributed by atoms with van der Waals surface area (Å²) < 4.78 is 12.7. The van der Waals surface area contributed by atoms with Crippen LogP contribution in [0.2, 0.25) is 0 Å². The molecule has 3 rings (SSSR count). The maximum atomic E-state index is 12.4. The monoisotopic (exact) mass is 344 g/mol. The third-order valence-electron chi connectivity index (χ3n) is 4.09. The predicted octanol–water partition coefficient (Wildman–Crippen LogP) is 2.47. The molecular formula is C18H20N2O5. The van der Waals surface area contributed by atoms with E-state index in [2.05, 4.69) is 5.32 Å². The third kappa shape index (κ3) is 3.45. The Morgan fingerprint density at radius 3 is 2.64 bits per heavy atom. The molecule has 1 aromatic carbocycles. The van der Waals surface area contributed by atoms with Gasteiger partial charge in [-0.3, -0.25) is 4.79 Å². The number of anilines is 1. The van der Waals surface area contributed by atoms with E-state index in [0.717, 1.165) is 0 Å². The van der Waals surface area contributed by atoms with E-state index in [0.29, 0.717) is 48.2 Å². The lowest BCUT2D eigenvalue weighted by atomic mass is 10.1. The summed E-state index contributed by atoms with van der Waals surface area (Å²) in [6.07, 6.45) is 1.74. The maximum absolute atomic E-state index is 12.4. The minimum absolute atomic E-state index is 0.0161. The second-order valence-electron chi connectivity index (χ2n) is 5.81. The molecule has 1 aromatic heterocycles. The highest BCUT2D eigenvalue weighted by atomic mass is 16.6. The van der Waals surface area contributed by atoms with Gasteiger partial charge in [0.1, 0.15) is 13.2 Å². The van der Waals surface area contributed by atoms with Crippen molar-refractivity contribution < 1.29 is 24.2 Å². The van der Waals surface area contributed by atoms with Crippen LogP contribution in [0.5, 0.6) is 11.5 Å². The van der Waals surface area contributed by atoms with Gasteiger partial charge in [0.15, 0.2) is 11.5 Å². The second-order valence-corrected chi connectivity index (χ2v) is 5.81. The molecule has 132 valence electrons. The molecule has 0 saturated carbocycles. The number of hydrogen-bond donors (Lipinski definition) is 2. The van der Waals surface area contributed by atoms with Crippen molar-refractivity contribution in [2.75, 3.05) is 18.5 Å². The van der Waals surface area contributed by atoms with Crippen LogP contribution in [-0.4, -0.2) is 34.8 Å². The molecule has 7 heteroatoms. The van der Waals surface area contributed by atoms with Crippen LogP contribution in [0.3, 0.4) is 0 Å². The quantitative estimate of drug-likeness (QED) is 0.870. The Hall–Kier alpha value is -2.96. The lowest BCUT2D eigenvalue weighted by molar-refractivity contribution is -0.115. The first-order valence-electron chi connectivity index (χ1n) is 8.11. The Balaban J connectivity index is 1.78. The molecule has 2 N–H and O–H groups in total. The van der Waals surface area contributed by atoms with E-state index >= 15 is 0 Å². The van der Waals surface area contributed by atoms with Crippen LogP contribution >= 0.6 is 0 Å². The molecule has 0 fully saturated rings. The zero-order valence-corrected chi connectivity index (χ0v) is 14.2. The van der Waals surface area contributed by atoms with E-state index < -0.39 is 5.97 Å². The number of nitrogens with zero attached hydrogens (tertiary/aromatic N) is 1. The van der Waals surface area contributed by atoms with Crippen molar-refractivity contribution in [1.29, 1.82) is 0 Å². The molecular weight excluding hydrogens is 324 g/mol. The summed E-state index contributed by atoms with van der Waals surface area (Å²) in [7, 11) is 0. The molecule has 25 heavy (non-hydrogen) atoms. The zero-order chi connectivity index (χ0) is 18.0. The number of fused-ring (bicyclic) bond motifs is 1. The summed E-state index contributed by atoms with van der Waals surface area (Å²) in [5.74, 6) is -0.0743. The number of carbonyl (C=O) groups excluding carboxylic acids is 1. The summed E-state index contributed by atoms with van der Waals surface area (Å²) in [4.78, 5) is 23.9. The summed E-state index contributed by atoms with van der Waals surface area (Å²) in [5, 5.41) is 12.2. The summed E-state index contributed by atoms with van der Waals surface area (Å²) in [5.41, 5.74) is 1.93. The second kappa shape index (κ2) is 6.88. The zero-order valence-electron chi connectivity index (χ0n) is 14.2. The van der Waals surface area contributed by atoms with E-state index in [1.54, 1.807) is 35.9 Å². The Morgan fingerprint density at radius 1 is 1.24 bits per heavy atom. The van der Waals surface area contributed by atoms with Crippen molar-refractivity contribution in [2.45, 2.75) is 26.8 Å². The van der Waals surface area contributed by atoms with Gasteiger partial charge in [0.05, 0.1) is 12.0 Å². The van der Waals surface area contributed by atoms with Gasteiger partial charge in [0.25, 0.3) is 0 Å². The Labute approximate surface area is 145 Å². The molecule has 2 aromatic rings. The number of aryl methyl sites for hydroxylation is 2. The first-order chi connectivity index (χ1) is 12.0. The largest absolute Gasteiger partial charge is 0.486 e. The number of nitrogens with one attached hydrogen (secondary N) is 1. The van der Waals surface area contributed by atoms with Gasteiger partial charge in [-0.1, -0.05) is 0 Å². The number of ether oxygens (including phenoxy) is 2. The molecule has 0 bridgehead atoms. The van der Waals surface area contributed by atoms with Crippen molar-refractivity contribution in [3.8, 4) is 11.5 Å². The number of hydrogen-bond acceptors (Lipinski definition) is 4. The van der Waals surface area contributed by atoms with Gasteiger partial charge in [-0.05, 0) is 31.5 Å². The number of rotatable bonds is 5. The fourth-order valence-corrected chi connectivity index (χ4v) is 2.99. The lowest BCUT2D eigenvalue weighted by Gasteiger charge is -2.19. The molecule has 0 radical (unpaired) electrons. The molecule has 1 amide bonds. The average Bonchev–Trinajstić information content (AvgIpc) is 2.90. The Morgan fingerprint density at radius 2 is 1.96 bits per heavy atom. The van der Waals surface area contributed by atoms with Crippen LogP contribution in [0.1, 0.15) is 28.5 Å². The fraction of sp³-hybridized carbons (Fsp3) is 0.333. The van der Waals surface area contributed by atoms with E-state index in [4.69, 9.17) is 9.47 Å². The van der Waals surface area contributed by atoms with E-state index in [1.807, 2.05) is 6.92 Å². The molecule has 0 spiro atoms. The Bertz CT molecular complexity index is 825. The topological polar surface area (TPSA) is 89.8 Å². The molecule has 0 atom stereocenters. The number of amides is 1. The number of carboxylic acid groups (broad SMARTS) is 1. The lowest BCUT2D eigenvalue weighted by Crippen LogP contribution is -2.19. The predicted molar refractivity (Wildman–Crippen MR) is 91.6 cm³/mol. The molecule has 0 aliphatic carbocycles. The number of aromatic nitrogens is 1. The van der Waals surface area contributed by atoms with Crippen molar-refractivity contribution in [3.05, 3.63) is 41.2 Å². The van der Waals surface area contributed by atoms with Crippen molar-refractivity contribution in [3.63, 3.8) is 0 Å². The van der Waals surface area contributed by atoms with Gasteiger partial charge in [-0.15, -0.1) is 0 Å². The van der Waals surface area contributed by atoms with E-state index in [9.17, 15) is 14.7 Å². The number of benzene rings is 1. The van der Waals surface area contributed by atoms with Gasteiger partial charge >= 0.3 is 5.97 Å². The van der Waals surface area contributed by atoms with Crippen LogP contribution in [0, 0.1) is 6.92 Å². The Kier molecular flexibility index (Phi) is 4.65. The number of aromatic carboxylic acids is 1. The normalized spacial score (nSPS) is 12.7. The first kappa shape index (κ1) is 16.9. The van der Waals surface area contributed by atoms with Crippen molar-refractivity contribution in [1.82, 2.24) is 4.57 Å². The van der Waals surface area contributed by atoms with Crippen LogP contribution in [0.4, 0.5) is 5.69 Å². The van der Waals surface area contributed by atoms with Gasteiger partial charge < -0.3 is 24.5 Å². The minimum atomic E-state index is -1.02. The maximum Gasteiger partial charge on any atom is 0.337 e. The van der Waals surface area contributed by atoms with Gasteiger partial charge in [0, 0.05) is 30.2 Å². The number of carbonyl (C=O) groups is 2. The standard InChI is InChI=1S/C18H20N2O5/c1-3-20-10-11(2)17(18(22)23)13(20)9-16(21)19-12-4-5-14-15(8-12)25-7-6-24-14/h4-5,8,10H,3,6-7,9H2,1-2H3,(H,19,21)(H,22,23). The van der Waals surface area contributed by atoms with Crippen LogP contribution < -0.4 is 14.8 Å². The van der Waals surface area contributed by atoms with Crippen LogP contribution in [0.15, 0.2) is 24.4 Å². The molecule has 7 nitrogen and oxygen atoms in total. The highest BCUT2D eigenvalue weighted by Gasteiger charge is 2.21. The molecule has 2 heterocycles. The molecule has 1 aliphatic heterocycles. The SMILES string of the molecule is CCn1cc(C)c(C(=O)O)c1CC(=O)Nc1ccc2c(c1)OCCO2. The molecule has 1 aliphatic rings. The van der Waals surface area contributed by atoms with Crippen molar-refractivity contribution in [2.24, 2.45) is 0 Å². The molecule has 0 saturated heterocycles. The van der Waals surface area contributed by atoms with E-state index in [-0.39, 0.29) is 17.9 Å². The minimum Gasteiger partial charge on any atom is -0.486 e.